The molecule has 5 radical (unpaired) electrons. The average Bonchev–Trinajstić information content (AvgIpc) is 2.94. The molecule has 1 aromatic rings. The Kier molecular flexibility index (Phi) is 5.98. The van der Waals surface area contributed by atoms with Crippen LogP contribution in [0.25, 0.3) is 0 Å². The molecule has 0 aromatic heterocycles. The zero-order valence-electron chi connectivity index (χ0n) is 15.4. The van der Waals surface area contributed by atoms with Crippen molar-refractivity contribution in [2.75, 3.05) is 0 Å². The van der Waals surface area contributed by atoms with Crippen molar-refractivity contribution < 1.29 is 8.42 Å². The molecule has 1 fully saturated rings. The predicted molar refractivity (Wildman–Crippen MR) is 103 cm³/mol. The van der Waals surface area contributed by atoms with Crippen molar-refractivity contribution in [1.29, 1.82) is 0 Å². The number of nitrogens with one attached hydrogen (secondary N) is 1. The van der Waals surface area contributed by atoms with E-state index in [2.05, 4.69) is 51.1 Å². The van der Waals surface area contributed by atoms with E-state index >= 15 is 0 Å². The molecule has 5 heteroatoms. The molecular weight excluding hydrogens is 334 g/mol. The van der Waals surface area contributed by atoms with Crippen LogP contribution in [0.1, 0.15) is 19.4 Å². The lowest BCUT2D eigenvalue weighted by molar-refractivity contribution is 0.470. The van der Waals surface area contributed by atoms with Gasteiger partial charge >= 0.3 is 0 Å². The maximum atomic E-state index is 12.8. The van der Waals surface area contributed by atoms with Crippen LogP contribution in [0.5, 0.6) is 0 Å². The van der Waals surface area contributed by atoms with Gasteiger partial charge in [-0.15, -0.1) is 0 Å². The molecule has 0 spiro atoms. The molecule has 1 N–H and O–H groups in total. The quantitative estimate of drug-likeness (QED) is 0.779. The summed E-state index contributed by atoms with van der Waals surface area (Å²) in [5.74, 6) is 1.29. The largest absolute Gasteiger partial charge is 0.240 e. The summed E-state index contributed by atoms with van der Waals surface area (Å²) in [7, 11) is -5.08. The molecule has 2 rings (SSSR count). The molecule has 1 aliphatic rings. The summed E-state index contributed by atoms with van der Waals surface area (Å²) in [6.45, 7) is 12.9. The van der Waals surface area contributed by atoms with Crippen molar-refractivity contribution in [1.82, 2.24) is 4.72 Å². The molecule has 0 unspecified atom stereocenters. The maximum Gasteiger partial charge on any atom is 0.240 e. The Labute approximate surface area is 149 Å². The van der Waals surface area contributed by atoms with E-state index in [0.717, 1.165) is 11.5 Å². The minimum absolute atomic E-state index is 0.169. The zero-order chi connectivity index (χ0) is 18.1. The molecule has 0 heterocycles. The van der Waals surface area contributed by atoms with Crippen LogP contribution < -0.4 is 4.72 Å². The molecule has 24 heavy (non-hydrogen) atoms. The van der Waals surface area contributed by atoms with E-state index in [-0.39, 0.29) is 12.0 Å². The van der Waals surface area contributed by atoms with E-state index in [1.165, 1.54) is 5.54 Å². The summed E-state index contributed by atoms with van der Waals surface area (Å²) in [6.07, 6.45) is 6.26. The summed E-state index contributed by atoms with van der Waals surface area (Å²) in [4.78, 5) is 0.319. The van der Waals surface area contributed by atoms with Gasteiger partial charge in [0, 0.05) is 12.0 Å². The third-order valence-electron chi connectivity index (χ3n) is 4.27. The van der Waals surface area contributed by atoms with Gasteiger partial charge in [0.15, 0.2) is 0 Å². The highest BCUT2D eigenvalue weighted by Crippen LogP contribution is 2.43. The number of hydrogen-bond acceptors (Lipinski definition) is 2. The molecule has 131 valence electrons. The van der Waals surface area contributed by atoms with E-state index in [1.54, 1.807) is 12.1 Å². The van der Waals surface area contributed by atoms with Gasteiger partial charge in [0.05, 0.1) is 13.0 Å². The highest BCUT2D eigenvalue weighted by Gasteiger charge is 2.44. The first-order chi connectivity index (χ1) is 11.0. The molecule has 1 aromatic carbocycles. The summed E-state index contributed by atoms with van der Waals surface area (Å²) in [5.41, 5.74) is 2.37. The van der Waals surface area contributed by atoms with E-state index in [0.29, 0.717) is 4.90 Å². The monoisotopic (exact) mass is 362 g/mol. The van der Waals surface area contributed by atoms with Crippen molar-refractivity contribution in [2.24, 2.45) is 5.92 Å². The van der Waals surface area contributed by atoms with Gasteiger partial charge in [0.1, 0.15) is 0 Å². The molecule has 1 aliphatic carbocycles. The minimum Gasteiger partial charge on any atom is -0.207 e. The number of hydrogen-bond donors (Lipinski definition) is 1. The SMILES string of the molecule is Cc1ccc(S(=O)(=O)N[C@H]([C]2[CH][CH][CH][C]2[Si](C)(C)C)C(C)C)cc1. The molecule has 0 aliphatic heterocycles. The lowest BCUT2D eigenvalue weighted by Crippen LogP contribution is -2.47. The van der Waals surface area contributed by atoms with Gasteiger partial charge in [-0.2, -0.15) is 0 Å². The van der Waals surface area contributed by atoms with Crippen LogP contribution in [0.15, 0.2) is 29.2 Å². The van der Waals surface area contributed by atoms with E-state index in [4.69, 9.17) is 0 Å². The first-order valence-corrected chi connectivity index (χ1v) is 13.4. The highest BCUT2D eigenvalue weighted by molar-refractivity contribution is 7.89. The van der Waals surface area contributed by atoms with Gasteiger partial charge in [0.25, 0.3) is 0 Å². The van der Waals surface area contributed by atoms with Crippen molar-refractivity contribution in [3.63, 3.8) is 0 Å². The van der Waals surface area contributed by atoms with Crippen LogP contribution in [0.2, 0.25) is 19.6 Å². The summed E-state index contributed by atoms with van der Waals surface area (Å²) >= 11 is 0. The normalized spacial score (nSPS) is 19.1. The molecular formula is C19H28NO2SSi. The molecule has 0 saturated heterocycles. The van der Waals surface area contributed by atoms with Gasteiger partial charge in [0.2, 0.25) is 10.0 Å². The first-order valence-electron chi connectivity index (χ1n) is 8.37. The van der Waals surface area contributed by atoms with E-state index in [9.17, 15) is 8.42 Å². The lowest BCUT2D eigenvalue weighted by atomic mass is 9.90. The summed E-state index contributed by atoms with van der Waals surface area (Å²) < 4.78 is 28.6. The fourth-order valence-corrected chi connectivity index (χ4v) is 5.96. The van der Waals surface area contributed by atoms with Crippen molar-refractivity contribution in [3.8, 4) is 0 Å². The van der Waals surface area contributed by atoms with Crippen molar-refractivity contribution in [2.45, 2.75) is 51.3 Å². The first kappa shape index (κ1) is 19.7. The third kappa shape index (κ3) is 4.49. The highest BCUT2D eigenvalue weighted by atomic mass is 32.2. The second-order valence-corrected chi connectivity index (χ2v) is 14.6. The second kappa shape index (κ2) is 7.30. The Hall–Kier alpha value is -0.653. The fraction of sp³-hybridized carbons (Fsp3) is 0.421. The Morgan fingerprint density at radius 1 is 1.00 bits per heavy atom. The Morgan fingerprint density at radius 2 is 1.58 bits per heavy atom. The van der Waals surface area contributed by atoms with Crippen LogP contribution >= 0.6 is 0 Å². The van der Waals surface area contributed by atoms with Crippen LogP contribution in [0, 0.1) is 43.6 Å². The van der Waals surface area contributed by atoms with Gasteiger partial charge in [-0.25, -0.2) is 13.1 Å². The molecule has 0 amide bonds. The number of aryl methyl sites for hydroxylation is 1. The molecule has 1 atom stereocenters. The minimum atomic E-state index is -3.54. The van der Waals surface area contributed by atoms with Gasteiger partial charge in [-0.05, 0) is 49.8 Å². The summed E-state index contributed by atoms with van der Waals surface area (Å²) in [5, 5.41) is 0. The van der Waals surface area contributed by atoms with Gasteiger partial charge in [-0.1, -0.05) is 51.2 Å². The van der Waals surface area contributed by atoms with Gasteiger partial charge in [-0.3, -0.25) is 0 Å². The molecule has 1 saturated carbocycles. The van der Waals surface area contributed by atoms with Crippen LogP contribution in [-0.2, 0) is 10.0 Å². The predicted octanol–water partition coefficient (Wildman–Crippen LogP) is 3.95. The van der Waals surface area contributed by atoms with Gasteiger partial charge < -0.3 is 0 Å². The summed E-state index contributed by atoms with van der Waals surface area (Å²) in [6, 6.07) is 6.77. The van der Waals surface area contributed by atoms with Crippen LogP contribution in [-0.4, -0.2) is 22.5 Å². The van der Waals surface area contributed by atoms with E-state index < -0.39 is 18.1 Å². The van der Waals surface area contributed by atoms with Crippen LogP contribution in [0.4, 0.5) is 0 Å². The Morgan fingerprint density at radius 3 is 2.08 bits per heavy atom. The maximum absolute atomic E-state index is 12.8. The topological polar surface area (TPSA) is 46.2 Å². The molecule has 3 nitrogen and oxygen atoms in total. The third-order valence-corrected chi connectivity index (χ3v) is 7.80. The van der Waals surface area contributed by atoms with Crippen molar-refractivity contribution >= 4 is 18.1 Å². The van der Waals surface area contributed by atoms with E-state index in [1.807, 2.05) is 25.5 Å². The lowest BCUT2D eigenvalue weighted by Gasteiger charge is -2.36. The number of benzene rings is 1. The number of rotatable bonds is 6. The average molecular weight is 363 g/mol. The number of sulfonamides is 1. The standard InChI is InChI=1S/C19H28NO2SSi/c1-14(2)19(17-8-7-9-18(17)24(4,5)6)20-23(21,22)16-12-10-15(3)11-13-16/h7-14,19-20H,1-6H3/t19-/m0/s1. The smallest absolute Gasteiger partial charge is 0.207 e. The Balaban J connectivity index is 2.27. The second-order valence-electron chi connectivity index (χ2n) is 7.80. The zero-order valence-corrected chi connectivity index (χ0v) is 17.2. The molecule has 0 bridgehead atoms. The van der Waals surface area contributed by atoms with Crippen molar-refractivity contribution in [3.05, 3.63) is 60.6 Å². The fourth-order valence-electron chi connectivity index (χ4n) is 2.90. The Bertz CT molecular complexity index is 647. The van der Waals surface area contributed by atoms with Crippen LogP contribution in [0.3, 0.4) is 0 Å².